The van der Waals surface area contributed by atoms with Crippen molar-refractivity contribution in [2.75, 3.05) is 17.5 Å². The molecule has 8 nitrogen and oxygen atoms in total. The largest absolute Gasteiger partial charge is 0.494 e. The first-order chi connectivity index (χ1) is 19.9. The third-order valence-electron chi connectivity index (χ3n) is 6.48. The van der Waals surface area contributed by atoms with Crippen LogP contribution >= 0.6 is 23.2 Å². The van der Waals surface area contributed by atoms with Gasteiger partial charge in [0.25, 0.3) is 10.0 Å². The van der Waals surface area contributed by atoms with E-state index in [9.17, 15) is 18.0 Å². The van der Waals surface area contributed by atoms with Crippen LogP contribution in [0.15, 0.2) is 71.6 Å². The van der Waals surface area contributed by atoms with Gasteiger partial charge < -0.3 is 15.0 Å². The van der Waals surface area contributed by atoms with Crippen LogP contribution < -0.4 is 14.4 Å². The minimum absolute atomic E-state index is 0.0153. The molecule has 3 rings (SSSR count). The van der Waals surface area contributed by atoms with Crippen molar-refractivity contribution in [2.45, 2.75) is 64.6 Å². The predicted molar refractivity (Wildman–Crippen MR) is 168 cm³/mol. The maximum absolute atomic E-state index is 14.1. The number of amides is 2. The molecule has 1 unspecified atom stereocenters. The van der Waals surface area contributed by atoms with E-state index in [4.69, 9.17) is 27.9 Å². The topological polar surface area (TPSA) is 96.0 Å². The number of nitrogens with one attached hydrogen (secondary N) is 1. The van der Waals surface area contributed by atoms with Gasteiger partial charge in [-0.2, -0.15) is 0 Å². The first kappa shape index (κ1) is 33.2. The maximum atomic E-state index is 14.1. The maximum Gasteiger partial charge on any atom is 0.264 e. The normalized spacial score (nSPS) is 12.1. The summed E-state index contributed by atoms with van der Waals surface area (Å²) in [6.45, 7) is 9.09. The fraction of sp³-hybridized carbons (Fsp3) is 0.355. The molecule has 0 aliphatic heterocycles. The number of ether oxygens (including phenoxy) is 1. The molecule has 1 atom stereocenters. The number of hydrogen-bond acceptors (Lipinski definition) is 5. The van der Waals surface area contributed by atoms with E-state index in [2.05, 4.69) is 5.32 Å². The Bertz CT molecular complexity index is 1480. The van der Waals surface area contributed by atoms with Gasteiger partial charge >= 0.3 is 0 Å². The Morgan fingerprint density at radius 3 is 2.12 bits per heavy atom. The minimum atomic E-state index is -4.18. The average Bonchev–Trinajstić information content (AvgIpc) is 2.94. The Labute approximate surface area is 258 Å². The number of anilines is 1. The molecule has 3 aromatic rings. The van der Waals surface area contributed by atoms with Gasteiger partial charge in [-0.05, 0) is 88.2 Å². The third-order valence-corrected chi connectivity index (χ3v) is 9.00. The highest BCUT2D eigenvalue weighted by Crippen LogP contribution is 2.28. The predicted octanol–water partition coefficient (Wildman–Crippen LogP) is 6.23. The Morgan fingerprint density at radius 2 is 1.57 bits per heavy atom. The van der Waals surface area contributed by atoms with E-state index in [1.54, 1.807) is 61.5 Å². The second-order valence-electron chi connectivity index (χ2n) is 10.1. The van der Waals surface area contributed by atoms with Gasteiger partial charge in [-0.1, -0.05) is 53.9 Å². The van der Waals surface area contributed by atoms with E-state index in [-0.39, 0.29) is 29.1 Å². The molecule has 0 heterocycles. The Morgan fingerprint density at radius 1 is 0.929 bits per heavy atom. The SMILES string of the molecule is CCOc1ccc(N(CC(=O)N(Cc2ccc(Cl)c(Cl)c2)C(CC)C(=O)NC(C)C)S(=O)(=O)c2ccc(C)cc2)cc1. The molecule has 0 aliphatic rings. The first-order valence-electron chi connectivity index (χ1n) is 13.7. The Kier molecular flexibility index (Phi) is 11.7. The summed E-state index contributed by atoms with van der Waals surface area (Å²) >= 11 is 12.4. The highest BCUT2D eigenvalue weighted by molar-refractivity contribution is 7.92. The lowest BCUT2D eigenvalue weighted by Gasteiger charge is -2.33. The Hall–Kier alpha value is -3.27. The van der Waals surface area contributed by atoms with E-state index in [0.717, 1.165) is 9.87 Å². The highest BCUT2D eigenvalue weighted by Gasteiger charge is 2.34. The molecule has 0 saturated carbocycles. The van der Waals surface area contributed by atoms with Gasteiger partial charge in [-0.15, -0.1) is 0 Å². The number of carbonyl (C=O) groups is 2. The van der Waals surface area contributed by atoms with Crippen LogP contribution in [-0.4, -0.2) is 50.4 Å². The van der Waals surface area contributed by atoms with Gasteiger partial charge in [0, 0.05) is 12.6 Å². The van der Waals surface area contributed by atoms with Crippen molar-refractivity contribution >= 4 is 50.7 Å². The fourth-order valence-electron chi connectivity index (χ4n) is 4.38. The zero-order valence-electron chi connectivity index (χ0n) is 24.4. The van der Waals surface area contributed by atoms with Crippen molar-refractivity contribution in [3.05, 3.63) is 87.9 Å². The fourth-order valence-corrected chi connectivity index (χ4v) is 6.11. The molecule has 3 aromatic carbocycles. The molecule has 0 saturated heterocycles. The quantitative estimate of drug-likeness (QED) is 0.241. The first-order valence-corrected chi connectivity index (χ1v) is 15.9. The molecule has 0 spiro atoms. The Balaban J connectivity index is 2.08. The number of halogens is 2. The molecule has 0 radical (unpaired) electrons. The summed E-state index contributed by atoms with van der Waals surface area (Å²) in [6, 6.07) is 16.9. The van der Waals surface area contributed by atoms with Crippen LogP contribution in [-0.2, 0) is 26.2 Å². The molecular formula is C31H37Cl2N3O5S. The van der Waals surface area contributed by atoms with Gasteiger partial charge in [0.2, 0.25) is 11.8 Å². The third kappa shape index (κ3) is 8.40. The van der Waals surface area contributed by atoms with Crippen LogP contribution in [0.1, 0.15) is 45.2 Å². The van der Waals surface area contributed by atoms with Crippen LogP contribution in [0.25, 0.3) is 0 Å². The van der Waals surface area contributed by atoms with E-state index >= 15 is 0 Å². The highest BCUT2D eigenvalue weighted by atomic mass is 35.5. The number of nitrogens with zero attached hydrogens (tertiary/aromatic N) is 2. The lowest BCUT2D eigenvalue weighted by molar-refractivity contribution is -0.140. The summed E-state index contributed by atoms with van der Waals surface area (Å²) in [5, 5.41) is 3.53. The summed E-state index contributed by atoms with van der Waals surface area (Å²) in [7, 11) is -4.18. The van der Waals surface area contributed by atoms with Crippen LogP contribution in [0.2, 0.25) is 10.0 Å². The van der Waals surface area contributed by atoms with E-state index in [1.165, 1.54) is 17.0 Å². The molecule has 11 heteroatoms. The molecular weight excluding hydrogens is 597 g/mol. The van der Waals surface area contributed by atoms with Crippen molar-refractivity contribution in [2.24, 2.45) is 0 Å². The van der Waals surface area contributed by atoms with Gasteiger partial charge in [0.15, 0.2) is 0 Å². The smallest absolute Gasteiger partial charge is 0.264 e. The van der Waals surface area contributed by atoms with Crippen molar-refractivity contribution < 1.29 is 22.7 Å². The van der Waals surface area contributed by atoms with Gasteiger partial charge in [0.05, 0.1) is 27.2 Å². The summed E-state index contributed by atoms with van der Waals surface area (Å²) in [5.41, 5.74) is 1.82. The molecule has 42 heavy (non-hydrogen) atoms. The number of aryl methyl sites for hydroxylation is 1. The second kappa shape index (κ2) is 14.8. The van der Waals surface area contributed by atoms with Crippen LogP contribution in [0, 0.1) is 6.92 Å². The summed E-state index contributed by atoms with van der Waals surface area (Å²) < 4.78 is 34.6. The second-order valence-corrected chi connectivity index (χ2v) is 12.8. The molecule has 0 aliphatic carbocycles. The lowest BCUT2D eigenvalue weighted by Crippen LogP contribution is -2.53. The minimum Gasteiger partial charge on any atom is -0.494 e. The average molecular weight is 635 g/mol. The van der Waals surface area contributed by atoms with Crippen LogP contribution in [0.3, 0.4) is 0 Å². The van der Waals surface area contributed by atoms with E-state index in [1.807, 2.05) is 27.7 Å². The van der Waals surface area contributed by atoms with Crippen molar-refractivity contribution in [3.8, 4) is 5.75 Å². The molecule has 0 fully saturated rings. The lowest BCUT2D eigenvalue weighted by atomic mass is 10.1. The number of benzene rings is 3. The van der Waals surface area contributed by atoms with Crippen molar-refractivity contribution in [3.63, 3.8) is 0 Å². The van der Waals surface area contributed by atoms with Crippen LogP contribution in [0.5, 0.6) is 5.75 Å². The van der Waals surface area contributed by atoms with E-state index < -0.39 is 28.5 Å². The van der Waals surface area contributed by atoms with Crippen molar-refractivity contribution in [1.29, 1.82) is 0 Å². The number of carbonyl (C=O) groups excluding carboxylic acids is 2. The van der Waals surface area contributed by atoms with Gasteiger partial charge in [-0.3, -0.25) is 13.9 Å². The van der Waals surface area contributed by atoms with Gasteiger partial charge in [-0.25, -0.2) is 8.42 Å². The molecule has 2 amide bonds. The van der Waals surface area contributed by atoms with Crippen molar-refractivity contribution in [1.82, 2.24) is 10.2 Å². The summed E-state index contributed by atoms with van der Waals surface area (Å²) in [4.78, 5) is 28.8. The summed E-state index contributed by atoms with van der Waals surface area (Å²) in [6.07, 6.45) is 0.305. The molecule has 0 aromatic heterocycles. The number of sulfonamides is 1. The molecule has 0 bridgehead atoms. The summed E-state index contributed by atoms with van der Waals surface area (Å²) in [5.74, 6) is -0.329. The van der Waals surface area contributed by atoms with E-state index in [0.29, 0.717) is 34.4 Å². The van der Waals surface area contributed by atoms with Crippen LogP contribution in [0.4, 0.5) is 5.69 Å². The zero-order chi connectivity index (χ0) is 31.0. The number of hydrogen-bond donors (Lipinski definition) is 1. The monoisotopic (exact) mass is 633 g/mol. The zero-order valence-corrected chi connectivity index (χ0v) is 26.8. The molecule has 226 valence electrons. The number of rotatable bonds is 13. The molecule has 1 N–H and O–H groups in total. The van der Waals surface area contributed by atoms with Gasteiger partial charge in [0.1, 0.15) is 18.3 Å². The standard InChI is InChI=1S/C31H37Cl2N3O5S/c1-6-29(31(38)34-21(3)4)35(19-23-10-17-27(32)28(33)18-23)30(37)20-36(24-11-13-25(14-12-24)41-7-2)42(39,40)26-15-8-22(5)9-16-26/h8-18,21,29H,6-7,19-20H2,1-5H3,(H,34,38).